The molecule has 0 radical (unpaired) electrons. The van der Waals surface area contributed by atoms with Gasteiger partial charge in [-0.3, -0.25) is 4.79 Å². The minimum Gasteiger partial charge on any atom is -0.320 e. The highest BCUT2D eigenvalue weighted by Gasteiger charge is 2.33. The van der Waals surface area contributed by atoms with Crippen molar-refractivity contribution in [2.45, 2.75) is 6.18 Å². The van der Waals surface area contributed by atoms with Crippen LogP contribution in [0.15, 0.2) is 45.6 Å². The third-order valence-electron chi connectivity index (χ3n) is 2.54. The van der Waals surface area contributed by atoms with Gasteiger partial charge in [0.2, 0.25) is 0 Å². The Morgan fingerprint density at radius 1 is 1.19 bits per heavy atom. The second kappa shape index (κ2) is 6.15. The zero-order valence-electron chi connectivity index (χ0n) is 10.2. The first kappa shape index (κ1) is 16.0. The van der Waals surface area contributed by atoms with E-state index in [4.69, 9.17) is 0 Å². The lowest BCUT2D eigenvalue weighted by molar-refractivity contribution is -0.138. The summed E-state index contributed by atoms with van der Waals surface area (Å²) in [4.78, 5) is 15.9. The maximum absolute atomic E-state index is 12.8. The normalized spacial score (nSPS) is 11.3. The van der Waals surface area contributed by atoms with Crippen molar-refractivity contribution in [2.24, 2.45) is 0 Å². The Kier molecular flexibility index (Phi) is 4.67. The molecule has 1 aromatic heterocycles. The molecule has 1 heterocycles. The number of nitrogens with one attached hydrogen (secondary N) is 1. The van der Waals surface area contributed by atoms with E-state index in [0.29, 0.717) is 10.3 Å². The van der Waals surface area contributed by atoms with E-state index in [1.165, 1.54) is 18.3 Å². The average molecular weight is 424 g/mol. The SMILES string of the molecule is O=C(Nc1cccnc1Br)c1ccc(Br)c(C(F)(F)F)c1. The number of nitrogens with zero attached hydrogens (tertiary/aromatic N) is 1. The minimum atomic E-state index is -4.54. The molecule has 0 saturated carbocycles. The number of halogens is 5. The smallest absolute Gasteiger partial charge is 0.320 e. The van der Waals surface area contributed by atoms with Crippen LogP contribution in [-0.4, -0.2) is 10.9 Å². The predicted octanol–water partition coefficient (Wildman–Crippen LogP) is 4.88. The van der Waals surface area contributed by atoms with Crippen LogP contribution >= 0.6 is 31.9 Å². The molecule has 1 amide bonds. The van der Waals surface area contributed by atoms with Crippen molar-refractivity contribution in [3.63, 3.8) is 0 Å². The van der Waals surface area contributed by atoms with E-state index < -0.39 is 17.6 Å². The van der Waals surface area contributed by atoms with E-state index >= 15 is 0 Å². The average Bonchev–Trinajstić information content (AvgIpc) is 2.40. The molecule has 0 atom stereocenters. The number of aromatic nitrogens is 1. The van der Waals surface area contributed by atoms with Gasteiger partial charge in [0.25, 0.3) is 5.91 Å². The van der Waals surface area contributed by atoms with Crippen LogP contribution < -0.4 is 5.32 Å². The largest absolute Gasteiger partial charge is 0.417 e. The van der Waals surface area contributed by atoms with E-state index in [-0.39, 0.29) is 10.0 Å². The maximum atomic E-state index is 12.8. The second-order valence-corrected chi connectivity index (χ2v) is 5.59. The Labute approximate surface area is 134 Å². The summed E-state index contributed by atoms with van der Waals surface area (Å²) in [5, 5.41) is 2.49. The Morgan fingerprint density at radius 2 is 1.90 bits per heavy atom. The van der Waals surface area contributed by atoms with Gasteiger partial charge in [-0.1, -0.05) is 15.9 Å². The van der Waals surface area contributed by atoms with Crippen LogP contribution in [0.5, 0.6) is 0 Å². The Bertz CT molecular complexity index is 689. The quantitative estimate of drug-likeness (QED) is 0.699. The monoisotopic (exact) mass is 422 g/mol. The van der Waals surface area contributed by atoms with Gasteiger partial charge in [-0.05, 0) is 46.3 Å². The van der Waals surface area contributed by atoms with Crippen LogP contribution in [-0.2, 0) is 6.18 Å². The highest BCUT2D eigenvalue weighted by molar-refractivity contribution is 9.10. The number of anilines is 1. The molecular formula is C13H7Br2F3N2O. The molecule has 0 spiro atoms. The van der Waals surface area contributed by atoms with Gasteiger partial charge in [-0.25, -0.2) is 4.98 Å². The van der Waals surface area contributed by atoms with Crippen molar-refractivity contribution < 1.29 is 18.0 Å². The van der Waals surface area contributed by atoms with Gasteiger partial charge < -0.3 is 5.32 Å². The van der Waals surface area contributed by atoms with Gasteiger partial charge in [-0.15, -0.1) is 0 Å². The summed E-state index contributed by atoms with van der Waals surface area (Å²) in [6, 6.07) is 6.47. The first-order valence-electron chi connectivity index (χ1n) is 5.57. The molecule has 1 N–H and O–H groups in total. The summed E-state index contributed by atoms with van der Waals surface area (Å²) >= 11 is 5.97. The Balaban J connectivity index is 2.31. The lowest BCUT2D eigenvalue weighted by Crippen LogP contribution is -2.15. The maximum Gasteiger partial charge on any atom is 0.417 e. The molecule has 1 aromatic carbocycles. The fourth-order valence-electron chi connectivity index (χ4n) is 1.56. The summed E-state index contributed by atoms with van der Waals surface area (Å²) in [7, 11) is 0. The summed E-state index contributed by atoms with van der Waals surface area (Å²) in [6.45, 7) is 0. The number of hydrogen-bond acceptors (Lipinski definition) is 2. The summed E-state index contributed by atoms with van der Waals surface area (Å²) in [5.41, 5.74) is -0.624. The molecule has 0 unspecified atom stereocenters. The Hall–Kier alpha value is -1.41. The molecule has 21 heavy (non-hydrogen) atoms. The van der Waals surface area contributed by atoms with Crippen molar-refractivity contribution in [2.75, 3.05) is 5.32 Å². The van der Waals surface area contributed by atoms with E-state index in [9.17, 15) is 18.0 Å². The molecule has 2 aromatic rings. The van der Waals surface area contributed by atoms with E-state index in [2.05, 4.69) is 42.2 Å². The van der Waals surface area contributed by atoms with Crippen LogP contribution in [0, 0.1) is 0 Å². The van der Waals surface area contributed by atoms with Crippen molar-refractivity contribution in [3.05, 3.63) is 56.7 Å². The number of carbonyl (C=O) groups excluding carboxylic acids is 1. The molecule has 2 rings (SSSR count). The molecule has 110 valence electrons. The molecule has 0 aliphatic carbocycles. The molecule has 0 saturated heterocycles. The number of rotatable bonds is 2. The lowest BCUT2D eigenvalue weighted by Gasteiger charge is -2.11. The van der Waals surface area contributed by atoms with Crippen LogP contribution in [0.25, 0.3) is 0 Å². The van der Waals surface area contributed by atoms with E-state index in [0.717, 1.165) is 6.07 Å². The van der Waals surface area contributed by atoms with Crippen LogP contribution in [0.4, 0.5) is 18.9 Å². The molecular weight excluding hydrogens is 417 g/mol. The third kappa shape index (κ3) is 3.82. The first-order chi connectivity index (χ1) is 9.79. The number of pyridine rings is 1. The molecule has 0 fully saturated rings. The topological polar surface area (TPSA) is 42.0 Å². The first-order valence-corrected chi connectivity index (χ1v) is 7.16. The molecule has 3 nitrogen and oxygen atoms in total. The minimum absolute atomic E-state index is 0.0960. The second-order valence-electron chi connectivity index (χ2n) is 3.99. The van der Waals surface area contributed by atoms with Crippen molar-refractivity contribution in [3.8, 4) is 0 Å². The fourth-order valence-corrected chi connectivity index (χ4v) is 2.38. The third-order valence-corrected chi connectivity index (χ3v) is 3.86. The van der Waals surface area contributed by atoms with Crippen LogP contribution in [0.2, 0.25) is 0 Å². The van der Waals surface area contributed by atoms with Gasteiger partial charge in [0.15, 0.2) is 0 Å². The number of hydrogen-bond donors (Lipinski definition) is 1. The van der Waals surface area contributed by atoms with Crippen molar-refractivity contribution in [1.29, 1.82) is 0 Å². The zero-order valence-corrected chi connectivity index (χ0v) is 13.4. The number of carbonyl (C=O) groups is 1. The van der Waals surface area contributed by atoms with Gasteiger partial charge in [0.05, 0.1) is 11.3 Å². The standard InChI is InChI=1S/C13H7Br2F3N2O/c14-9-4-3-7(6-8(9)13(16,17)18)12(21)20-10-2-1-5-19-11(10)15/h1-6H,(H,20,21). The number of alkyl halides is 3. The number of amides is 1. The molecule has 0 bridgehead atoms. The fraction of sp³-hybridized carbons (Fsp3) is 0.0769. The highest BCUT2D eigenvalue weighted by atomic mass is 79.9. The molecule has 0 aliphatic rings. The van der Waals surface area contributed by atoms with Crippen LogP contribution in [0.1, 0.15) is 15.9 Å². The predicted molar refractivity (Wildman–Crippen MR) is 79.0 cm³/mol. The molecule has 0 aliphatic heterocycles. The zero-order chi connectivity index (χ0) is 15.6. The summed E-state index contributed by atoms with van der Waals surface area (Å²) < 4.78 is 38.7. The molecule has 8 heteroatoms. The highest BCUT2D eigenvalue weighted by Crippen LogP contribution is 2.35. The van der Waals surface area contributed by atoms with Crippen molar-refractivity contribution in [1.82, 2.24) is 4.98 Å². The Morgan fingerprint density at radius 3 is 2.52 bits per heavy atom. The van der Waals surface area contributed by atoms with Gasteiger partial charge in [0.1, 0.15) is 4.60 Å². The summed E-state index contributed by atoms with van der Waals surface area (Å²) in [6.07, 6.45) is -3.02. The van der Waals surface area contributed by atoms with Gasteiger partial charge in [0, 0.05) is 16.2 Å². The number of benzene rings is 1. The lowest BCUT2D eigenvalue weighted by atomic mass is 10.1. The van der Waals surface area contributed by atoms with Crippen LogP contribution in [0.3, 0.4) is 0 Å². The van der Waals surface area contributed by atoms with Gasteiger partial charge >= 0.3 is 6.18 Å². The van der Waals surface area contributed by atoms with Crippen molar-refractivity contribution >= 4 is 43.5 Å². The van der Waals surface area contributed by atoms with E-state index in [1.807, 2.05) is 0 Å². The summed E-state index contributed by atoms with van der Waals surface area (Å²) in [5.74, 6) is -0.651. The van der Waals surface area contributed by atoms with E-state index in [1.54, 1.807) is 12.1 Å². The van der Waals surface area contributed by atoms with Gasteiger partial charge in [-0.2, -0.15) is 13.2 Å².